The number of halogens is 3. The molecule has 0 aliphatic heterocycles. The van der Waals surface area contributed by atoms with Gasteiger partial charge in [-0.25, -0.2) is 9.59 Å². The van der Waals surface area contributed by atoms with Gasteiger partial charge in [0.2, 0.25) is 0 Å². The van der Waals surface area contributed by atoms with Gasteiger partial charge in [-0.1, -0.05) is 15.9 Å². The highest BCUT2D eigenvalue weighted by molar-refractivity contribution is 9.11. The summed E-state index contributed by atoms with van der Waals surface area (Å²) in [6.07, 6.45) is 1.10. The second-order valence-electron chi connectivity index (χ2n) is 3.04. The van der Waals surface area contributed by atoms with Crippen LogP contribution in [0.25, 0.3) is 6.08 Å². The van der Waals surface area contributed by atoms with E-state index in [9.17, 15) is 9.59 Å². The molecular formula is C10H6Br3NO4. The first kappa shape index (κ1) is 15.2. The molecule has 0 aromatic heterocycles. The first-order valence-electron chi connectivity index (χ1n) is 4.41. The molecule has 0 radical (unpaired) electrons. The van der Waals surface area contributed by atoms with E-state index in [0.29, 0.717) is 24.7 Å². The third-order valence-corrected chi connectivity index (χ3v) is 3.94. The Morgan fingerprint density at radius 3 is 2.28 bits per heavy atom. The number of amides is 1. The van der Waals surface area contributed by atoms with Crippen LogP contribution in [0.4, 0.5) is 10.5 Å². The largest absolute Gasteiger partial charge is 0.478 e. The zero-order valence-electron chi connectivity index (χ0n) is 8.58. The van der Waals surface area contributed by atoms with Crippen LogP contribution in [-0.4, -0.2) is 22.3 Å². The molecule has 0 atom stereocenters. The average Bonchev–Trinajstić information content (AvgIpc) is 2.23. The Morgan fingerprint density at radius 1 is 1.17 bits per heavy atom. The number of aliphatic carboxylic acids is 1. The number of benzene rings is 1. The molecule has 8 heteroatoms. The summed E-state index contributed by atoms with van der Waals surface area (Å²) in [5.41, 5.74) is 0.820. The number of carboxylic acid groups (broad SMARTS) is 2. The molecule has 0 heterocycles. The summed E-state index contributed by atoms with van der Waals surface area (Å²) in [4.78, 5) is 21.1. The van der Waals surface area contributed by atoms with Gasteiger partial charge in [-0.3, -0.25) is 5.32 Å². The lowest BCUT2D eigenvalue weighted by molar-refractivity contribution is -0.131. The van der Waals surface area contributed by atoms with Crippen LogP contribution in [0, 0.1) is 0 Å². The van der Waals surface area contributed by atoms with E-state index in [1.807, 2.05) is 0 Å². The summed E-state index contributed by atoms with van der Waals surface area (Å²) < 4.78 is 1.58. The van der Waals surface area contributed by atoms with E-state index in [1.54, 1.807) is 6.07 Å². The smallest absolute Gasteiger partial charge is 0.409 e. The Kier molecular flexibility index (Phi) is 5.36. The predicted molar refractivity (Wildman–Crippen MR) is 77.9 cm³/mol. The Morgan fingerprint density at radius 2 is 1.78 bits per heavy atom. The highest BCUT2D eigenvalue weighted by atomic mass is 79.9. The van der Waals surface area contributed by atoms with Crippen LogP contribution in [0.1, 0.15) is 5.56 Å². The molecule has 0 saturated carbocycles. The van der Waals surface area contributed by atoms with Crippen molar-refractivity contribution in [1.29, 1.82) is 0 Å². The van der Waals surface area contributed by atoms with E-state index in [1.165, 1.54) is 6.08 Å². The first-order valence-corrected chi connectivity index (χ1v) is 6.79. The minimum absolute atomic E-state index is 0.302. The highest BCUT2D eigenvalue weighted by Gasteiger charge is 2.14. The lowest BCUT2D eigenvalue weighted by Gasteiger charge is -2.11. The van der Waals surface area contributed by atoms with Crippen LogP contribution in [0.3, 0.4) is 0 Å². The zero-order valence-corrected chi connectivity index (χ0v) is 13.3. The molecule has 3 N–H and O–H groups in total. The molecule has 1 amide bonds. The third-order valence-electron chi connectivity index (χ3n) is 1.83. The maximum atomic E-state index is 10.7. The normalized spacial score (nSPS) is 10.6. The second-order valence-corrected chi connectivity index (χ2v) is 5.55. The van der Waals surface area contributed by atoms with E-state index in [0.717, 1.165) is 6.08 Å². The van der Waals surface area contributed by atoms with Gasteiger partial charge in [-0.05, 0) is 44.0 Å². The van der Waals surface area contributed by atoms with Gasteiger partial charge in [0.05, 0.1) is 10.2 Å². The molecule has 0 fully saturated rings. The van der Waals surface area contributed by atoms with Crippen molar-refractivity contribution in [3.63, 3.8) is 0 Å². The van der Waals surface area contributed by atoms with Crippen LogP contribution >= 0.6 is 47.8 Å². The molecule has 5 nitrogen and oxygen atoms in total. The van der Waals surface area contributed by atoms with E-state index >= 15 is 0 Å². The number of anilines is 1. The molecular weight excluding hydrogens is 438 g/mol. The Balaban J connectivity index is 3.34. The van der Waals surface area contributed by atoms with Gasteiger partial charge in [0.25, 0.3) is 0 Å². The van der Waals surface area contributed by atoms with E-state index < -0.39 is 12.1 Å². The minimum Gasteiger partial charge on any atom is -0.478 e. The van der Waals surface area contributed by atoms with Crippen LogP contribution in [0.2, 0.25) is 0 Å². The molecule has 0 spiro atoms. The Hall–Kier alpha value is -0.860. The standard InChI is InChI=1S/C10H6Br3NO4/c11-5-3-6(12)9(14-10(17)18)8(13)4(5)1-2-7(15)16/h1-3,14H,(H,15,16)(H,17,18). The van der Waals surface area contributed by atoms with Gasteiger partial charge in [0, 0.05) is 20.6 Å². The molecule has 0 aliphatic rings. The SMILES string of the molecule is O=C(O)C=Cc1c(Br)cc(Br)c(NC(=O)O)c1Br. The molecule has 1 aromatic carbocycles. The van der Waals surface area contributed by atoms with Crippen LogP contribution < -0.4 is 5.32 Å². The number of carboxylic acids is 1. The minimum atomic E-state index is -1.22. The highest BCUT2D eigenvalue weighted by Crippen LogP contribution is 2.39. The molecule has 96 valence electrons. The summed E-state index contributed by atoms with van der Waals surface area (Å²) in [7, 11) is 0. The van der Waals surface area contributed by atoms with Crippen LogP contribution in [-0.2, 0) is 4.79 Å². The maximum Gasteiger partial charge on any atom is 0.409 e. The summed E-state index contributed by atoms with van der Waals surface area (Å²) in [6.45, 7) is 0. The number of hydrogen-bond acceptors (Lipinski definition) is 2. The molecule has 0 saturated heterocycles. The van der Waals surface area contributed by atoms with Gasteiger partial charge in [-0.2, -0.15) is 0 Å². The van der Waals surface area contributed by atoms with Crippen molar-refractivity contribution < 1.29 is 19.8 Å². The van der Waals surface area contributed by atoms with Crippen LogP contribution in [0.5, 0.6) is 0 Å². The topological polar surface area (TPSA) is 86.6 Å². The molecule has 1 aromatic rings. The fourth-order valence-electron chi connectivity index (χ4n) is 1.13. The third kappa shape index (κ3) is 3.82. The molecule has 0 bridgehead atoms. The molecule has 0 unspecified atom stereocenters. The van der Waals surface area contributed by atoms with E-state index in [4.69, 9.17) is 10.2 Å². The number of rotatable bonds is 3. The average molecular weight is 444 g/mol. The van der Waals surface area contributed by atoms with E-state index in [-0.39, 0.29) is 0 Å². The van der Waals surface area contributed by atoms with Crippen molar-refractivity contribution in [2.24, 2.45) is 0 Å². The van der Waals surface area contributed by atoms with Crippen molar-refractivity contribution in [3.8, 4) is 0 Å². The van der Waals surface area contributed by atoms with E-state index in [2.05, 4.69) is 53.1 Å². The van der Waals surface area contributed by atoms with Crippen molar-refractivity contribution in [2.75, 3.05) is 5.32 Å². The van der Waals surface area contributed by atoms with Gasteiger partial charge in [-0.15, -0.1) is 0 Å². The zero-order chi connectivity index (χ0) is 13.9. The summed E-state index contributed by atoms with van der Waals surface area (Å²) in [5, 5.41) is 19.5. The van der Waals surface area contributed by atoms with Gasteiger partial charge < -0.3 is 10.2 Å². The summed E-state index contributed by atoms with van der Waals surface area (Å²) >= 11 is 9.71. The van der Waals surface area contributed by atoms with Crippen molar-refractivity contribution in [2.45, 2.75) is 0 Å². The van der Waals surface area contributed by atoms with Crippen molar-refractivity contribution in [3.05, 3.63) is 31.1 Å². The number of nitrogens with one attached hydrogen (secondary N) is 1. The fraction of sp³-hybridized carbons (Fsp3) is 0. The number of carbonyl (C=O) groups is 2. The van der Waals surface area contributed by atoms with Gasteiger partial charge in [0.15, 0.2) is 0 Å². The maximum absolute atomic E-state index is 10.7. The lowest BCUT2D eigenvalue weighted by atomic mass is 10.2. The Bertz CT molecular complexity index is 542. The molecule has 18 heavy (non-hydrogen) atoms. The van der Waals surface area contributed by atoms with Crippen molar-refractivity contribution >= 4 is 71.6 Å². The summed E-state index contributed by atoms with van der Waals surface area (Å²) in [6, 6.07) is 1.62. The second kappa shape index (κ2) is 6.35. The van der Waals surface area contributed by atoms with Gasteiger partial charge >= 0.3 is 12.1 Å². The lowest BCUT2D eigenvalue weighted by Crippen LogP contribution is -2.09. The van der Waals surface area contributed by atoms with Gasteiger partial charge in [0.1, 0.15) is 0 Å². The molecule has 0 aliphatic carbocycles. The summed E-state index contributed by atoms with van der Waals surface area (Å²) in [5.74, 6) is -1.09. The first-order chi connectivity index (χ1) is 8.32. The quantitative estimate of drug-likeness (QED) is 0.612. The number of hydrogen-bond donors (Lipinski definition) is 3. The molecule has 1 rings (SSSR count). The van der Waals surface area contributed by atoms with Crippen LogP contribution in [0.15, 0.2) is 25.6 Å². The fourth-order valence-corrected chi connectivity index (χ4v) is 3.72. The van der Waals surface area contributed by atoms with Crippen molar-refractivity contribution in [1.82, 2.24) is 0 Å². The Labute approximate surface area is 127 Å². The monoisotopic (exact) mass is 441 g/mol. The predicted octanol–water partition coefficient (Wildman–Crippen LogP) is 4.16.